The topological polar surface area (TPSA) is 29.5 Å². The van der Waals surface area contributed by atoms with E-state index in [1.54, 1.807) is 18.1 Å². The van der Waals surface area contributed by atoms with Crippen LogP contribution in [0.2, 0.25) is 0 Å². The fourth-order valence-electron chi connectivity index (χ4n) is 9.87. The van der Waals surface area contributed by atoms with Crippen molar-refractivity contribution in [2.45, 2.75) is 111 Å². The number of rotatable bonds is 5. The molecule has 0 amide bonds. The van der Waals surface area contributed by atoms with Crippen LogP contribution in [0.15, 0.2) is 22.8 Å². The molecular formula is C32H51NO2. The van der Waals surface area contributed by atoms with Gasteiger partial charge in [-0.15, -0.1) is 0 Å². The predicted molar refractivity (Wildman–Crippen MR) is 144 cm³/mol. The van der Waals surface area contributed by atoms with E-state index in [0.29, 0.717) is 16.7 Å². The second kappa shape index (κ2) is 9.66. The van der Waals surface area contributed by atoms with Crippen LogP contribution in [0.25, 0.3) is 0 Å². The number of carbonyl (C=O) groups excluding carboxylic acids is 1. The van der Waals surface area contributed by atoms with E-state index in [1.165, 1.54) is 70.9 Å². The maximum Gasteiger partial charge on any atom is 0.302 e. The van der Waals surface area contributed by atoms with Gasteiger partial charge in [0.05, 0.1) is 0 Å². The van der Waals surface area contributed by atoms with Crippen molar-refractivity contribution in [3.8, 4) is 0 Å². The molecule has 196 valence electrons. The van der Waals surface area contributed by atoms with Crippen LogP contribution in [0.4, 0.5) is 0 Å². The summed E-state index contributed by atoms with van der Waals surface area (Å²) in [6.07, 6.45) is 17.0. The standard InChI is InChI=1S/C32H51NO2/c1-21(7-8-24-15-18-33(6)20-22(24)2)28-11-12-29-27-10-9-25-19-26(35-23(3)34)13-16-31(25,4)30(27)14-17-32(28,29)5/h10,21,25-26,28-30H,7-9,11-20H2,1-6H3/t21-,25+,26+,28-,29+,30+,31+,32-/m1/s1. The van der Waals surface area contributed by atoms with E-state index in [-0.39, 0.29) is 12.1 Å². The van der Waals surface area contributed by atoms with E-state index in [2.05, 4.69) is 45.7 Å². The monoisotopic (exact) mass is 481 g/mol. The van der Waals surface area contributed by atoms with Gasteiger partial charge in [0.1, 0.15) is 6.10 Å². The first-order chi connectivity index (χ1) is 16.6. The van der Waals surface area contributed by atoms with Gasteiger partial charge in [-0.05, 0) is 125 Å². The van der Waals surface area contributed by atoms with Gasteiger partial charge < -0.3 is 9.64 Å². The smallest absolute Gasteiger partial charge is 0.302 e. The molecule has 3 nitrogen and oxygen atoms in total. The Morgan fingerprint density at radius 3 is 2.63 bits per heavy atom. The van der Waals surface area contributed by atoms with Crippen molar-refractivity contribution in [1.29, 1.82) is 0 Å². The van der Waals surface area contributed by atoms with Gasteiger partial charge in [0.25, 0.3) is 0 Å². The number of hydrogen-bond donors (Lipinski definition) is 0. The molecule has 0 N–H and O–H groups in total. The van der Waals surface area contributed by atoms with Crippen LogP contribution < -0.4 is 0 Å². The lowest BCUT2D eigenvalue weighted by Crippen LogP contribution is -2.50. The van der Waals surface area contributed by atoms with E-state index in [0.717, 1.165) is 36.5 Å². The summed E-state index contributed by atoms with van der Waals surface area (Å²) < 4.78 is 5.66. The summed E-state index contributed by atoms with van der Waals surface area (Å²) in [6, 6.07) is 0. The van der Waals surface area contributed by atoms with Crippen LogP contribution in [-0.4, -0.2) is 37.1 Å². The predicted octanol–water partition coefficient (Wildman–Crippen LogP) is 7.57. The van der Waals surface area contributed by atoms with Crippen molar-refractivity contribution in [3.05, 3.63) is 22.8 Å². The van der Waals surface area contributed by atoms with E-state index >= 15 is 0 Å². The highest BCUT2D eigenvalue weighted by molar-refractivity contribution is 5.66. The fourth-order valence-corrected chi connectivity index (χ4v) is 9.87. The van der Waals surface area contributed by atoms with Gasteiger partial charge in [0, 0.05) is 20.0 Å². The maximum absolute atomic E-state index is 11.6. The molecule has 5 aliphatic rings. The van der Waals surface area contributed by atoms with Crippen molar-refractivity contribution in [2.75, 3.05) is 20.1 Å². The number of carbonyl (C=O) groups is 1. The van der Waals surface area contributed by atoms with Crippen molar-refractivity contribution >= 4 is 5.97 Å². The van der Waals surface area contributed by atoms with Crippen LogP contribution in [-0.2, 0) is 9.53 Å². The highest BCUT2D eigenvalue weighted by Crippen LogP contribution is 2.67. The molecule has 1 aliphatic heterocycles. The lowest BCUT2D eigenvalue weighted by atomic mass is 9.47. The fraction of sp³-hybridized carbons (Fsp3) is 0.844. The molecule has 35 heavy (non-hydrogen) atoms. The Hall–Kier alpha value is -1.09. The number of hydrogen-bond acceptors (Lipinski definition) is 3. The Bertz CT molecular complexity index is 888. The molecule has 4 aliphatic carbocycles. The lowest BCUT2D eigenvalue weighted by Gasteiger charge is -2.58. The van der Waals surface area contributed by atoms with Crippen LogP contribution in [0.3, 0.4) is 0 Å². The molecular weight excluding hydrogens is 430 g/mol. The zero-order valence-corrected chi connectivity index (χ0v) is 23.5. The van der Waals surface area contributed by atoms with E-state index < -0.39 is 0 Å². The molecule has 0 aromatic carbocycles. The summed E-state index contributed by atoms with van der Waals surface area (Å²) >= 11 is 0. The van der Waals surface area contributed by atoms with Crippen molar-refractivity contribution < 1.29 is 9.53 Å². The summed E-state index contributed by atoms with van der Waals surface area (Å²) in [5, 5.41) is 0. The molecule has 3 heteroatoms. The highest BCUT2D eigenvalue weighted by Gasteiger charge is 2.58. The summed E-state index contributed by atoms with van der Waals surface area (Å²) in [5.74, 6) is 3.86. The third-order valence-electron chi connectivity index (χ3n) is 11.9. The zero-order valence-electron chi connectivity index (χ0n) is 23.5. The van der Waals surface area contributed by atoms with Gasteiger partial charge in [0.15, 0.2) is 0 Å². The minimum Gasteiger partial charge on any atom is -0.463 e. The van der Waals surface area contributed by atoms with E-state index in [1.807, 2.05) is 5.57 Å². The Balaban J connectivity index is 1.27. The first-order valence-corrected chi connectivity index (χ1v) is 14.8. The largest absolute Gasteiger partial charge is 0.463 e. The Morgan fingerprint density at radius 2 is 1.89 bits per heavy atom. The minimum absolute atomic E-state index is 0.104. The Morgan fingerprint density at radius 1 is 1.14 bits per heavy atom. The summed E-state index contributed by atoms with van der Waals surface area (Å²) in [4.78, 5) is 14.0. The van der Waals surface area contributed by atoms with Crippen LogP contribution in [0.1, 0.15) is 105 Å². The summed E-state index contributed by atoms with van der Waals surface area (Å²) in [5.41, 5.74) is 6.16. The van der Waals surface area contributed by atoms with Crippen molar-refractivity contribution in [2.24, 2.45) is 40.4 Å². The molecule has 3 saturated carbocycles. The lowest BCUT2D eigenvalue weighted by molar-refractivity contribution is -0.152. The molecule has 5 rings (SSSR count). The number of allylic oxidation sites excluding steroid dienone is 2. The van der Waals surface area contributed by atoms with Crippen molar-refractivity contribution in [1.82, 2.24) is 4.90 Å². The molecule has 0 unspecified atom stereocenters. The quantitative estimate of drug-likeness (QED) is 0.300. The zero-order chi connectivity index (χ0) is 25.0. The normalized spacial score (nSPS) is 42.6. The van der Waals surface area contributed by atoms with Gasteiger partial charge in [-0.1, -0.05) is 43.6 Å². The average molecular weight is 482 g/mol. The third kappa shape index (κ3) is 4.57. The van der Waals surface area contributed by atoms with Gasteiger partial charge in [-0.25, -0.2) is 0 Å². The van der Waals surface area contributed by atoms with Crippen LogP contribution in [0, 0.1) is 40.4 Å². The van der Waals surface area contributed by atoms with E-state index in [4.69, 9.17) is 4.74 Å². The molecule has 0 aromatic heterocycles. The highest BCUT2D eigenvalue weighted by atomic mass is 16.5. The van der Waals surface area contributed by atoms with Crippen LogP contribution >= 0.6 is 0 Å². The number of likely N-dealkylation sites (N-methyl/N-ethyl adjacent to an activating group) is 1. The summed E-state index contributed by atoms with van der Waals surface area (Å²) in [6.45, 7) is 14.2. The maximum atomic E-state index is 11.6. The van der Waals surface area contributed by atoms with Gasteiger partial charge in [-0.2, -0.15) is 0 Å². The second-order valence-electron chi connectivity index (χ2n) is 13.9. The van der Waals surface area contributed by atoms with Crippen molar-refractivity contribution in [3.63, 3.8) is 0 Å². The molecule has 1 heterocycles. The molecule has 0 spiro atoms. The van der Waals surface area contributed by atoms with Crippen LogP contribution in [0.5, 0.6) is 0 Å². The molecule has 3 fully saturated rings. The molecule has 0 radical (unpaired) electrons. The number of esters is 1. The molecule has 8 atom stereocenters. The second-order valence-corrected chi connectivity index (χ2v) is 13.9. The Labute approximate surface area is 215 Å². The SMILES string of the molecule is CC(=O)O[C@H]1CC[C@@]2(C)[C@@H](CC=C3[C@@H]2CC[C@]2(C)[C@@H]([C@H](C)CCC4=C(C)CN(C)CC4)CC[C@@H]32)C1. The Kier molecular flexibility index (Phi) is 7.05. The first kappa shape index (κ1) is 25.6. The number of ether oxygens (including phenoxy) is 1. The van der Waals surface area contributed by atoms with Gasteiger partial charge >= 0.3 is 5.97 Å². The van der Waals surface area contributed by atoms with Gasteiger partial charge in [-0.3, -0.25) is 4.79 Å². The summed E-state index contributed by atoms with van der Waals surface area (Å²) in [7, 11) is 2.26. The van der Waals surface area contributed by atoms with E-state index in [9.17, 15) is 4.79 Å². The molecule has 0 saturated heterocycles. The number of nitrogens with zero attached hydrogens (tertiary/aromatic N) is 1. The average Bonchev–Trinajstić information content (AvgIpc) is 3.15. The third-order valence-corrected chi connectivity index (χ3v) is 11.9. The molecule has 0 bridgehead atoms. The minimum atomic E-state index is -0.104. The van der Waals surface area contributed by atoms with Gasteiger partial charge in [0.2, 0.25) is 0 Å². The molecule has 0 aromatic rings. The first-order valence-electron chi connectivity index (χ1n) is 14.8. The number of fused-ring (bicyclic) bond motifs is 5.